The maximum atomic E-state index is 6.21. The monoisotopic (exact) mass is 481 g/mol. The Kier molecular flexibility index (Phi) is 10.3. The number of rotatable bonds is 10. The molecule has 0 fully saturated rings. The van der Waals surface area contributed by atoms with Crippen LogP contribution in [0.2, 0.25) is 10.0 Å². The minimum atomic E-state index is 0. The third-order valence-electron chi connectivity index (χ3n) is 4.68. The van der Waals surface area contributed by atoms with E-state index in [4.69, 9.17) is 37.4 Å². The summed E-state index contributed by atoms with van der Waals surface area (Å²) < 4.78 is 16.5. The van der Waals surface area contributed by atoms with Gasteiger partial charge in [-0.05, 0) is 60.5 Å². The number of halogens is 3. The van der Waals surface area contributed by atoms with Crippen molar-refractivity contribution in [3.8, 4) is 17.2 Å². The van der Waals surface area contributed by atoms with Gasteiger partial charge >= 0.3 is 0 Å². The largest absolute Gasteiger partial charge is 0.493 e. The molecule has 1 N–H and O–H groups in total. The number of hydrogen-bond acceptors (Lipinski definition) is 4. The summed E-state index contributed by atoms with van der Waals surface area (Å²) in [4.78, 5) is 0. The minimum absolute atomic E-state index is 0. The Morgan fingerprint density at radius 1 is 0.839 bits per heavy atom. The highest BCUT2D eigenvalue weighted by atomic mass is 35.5. The molecule has 0 spiro atoms. The quantitative estimate of drug-likeness (QED) is 0.342. The van der Waals surface area contributed by atoms with Crippen molar-refractivity contribution in [2.24, 2.45) is 0 Å². The van der Waals surface area contributed by atoms with Crippen molar-refractivity contribution in [3.63, 3.8) is 0 Å². The Morgan fingerprint density at radius 2 is 1.65 bits per heavy atom. The maximum Gasteiger partial charge on any atom is 0.160 e. The van der Waals surface area contributed by atoms with Crippen LogP contribution >= 0.6 is 35.6 Å². The molecule has 7 heteroatoms. The Labute approximate surface area is 199 Å². The standard InChI is InChI=1S/C24H25Cl2NO3.ClH/c1-28-23-9-6-17(13-24(23)29-2)10-11-27-15-18-4-3-5-21(12-18)30-16-19-7-8-20(25)14-22(19)26;/h3-9,12-14,27H,10-11,15-16H2,1-2H3;1H. The van der Waals surface area contributed by atoms with Crippen LogP contribution in [-0.2, 0) is 19.6 Å². The van der Waals surface area contributed by atoms with E-state index < -0.39 is 0 Å². The van der Waals surface area contributed by atoms with Gasteiger partial charge < -0.3 is 19.5 Å². The second-order valence-electron chi connectivity index (χ2n) is 6.79. The first-order chi connectivity index (χ1) is 14.6. The van der Waals surface area contributed by atoms with E-state index in [2.05, 4.69) is 17.4 Å². The van der Waals surface area contributed by atoms with Gasteiger partial charge in [0.2, 0.25) is 0 Å². The molecule has 31 heavy (non-hydrogen) atoms. The molecule has 3 aromatic carbocycles. The zero-order valence-corrected chi connectivity index (χ0v) is 19.8. The lowest BCUT2D eigenvalue weighted by Crippen LogP contribution is -2.16. The van der Waals surface area contributed by atoms with Gasteiger partial charge in [-0.25, -0.2) is 0 Å². The molecule has 0 saturated carbocycles. The first-order valence-electron chi connectivity index (χ1n) is 9.66. The number of ether oxygens (including phenoxy) is 3. The van der Waals surface area contributed by atoms with Gasteiger partial charge in [0.25, 0.3) is 0 Å². The summed E-state index contributed by atoms with van der Waals surface area (Å²) in [5, 5.41) is 4.69. The molecule has 0 aromatic heterocycles. The number of benzene rings is 3. The molecule has 0 aliphatic carbocycles. The normalized spacial score (nSPS) is 10.3. The smallest absolute Gasteiger partial charge is 0.160 e. The fourth-order valence-corrected chi connectivity index (χ4v) is 3.51. The Morgan fingerprint density at radius 3 is 2.39 bits per heavy atom. The van der Waals surface area contributed by atoms with E-state index in [1.165, 1.54) is 5.56 Å². The van der Waals surface area contributed by atoms with Gasteiger partial charge in [-0.3, -0.25) is 0 Å². The molecule has 0 unspecified atom stereocenters. The van der Waals surface area contributed by atoms with E-state index >= 15 is 0 Å². The predicted octanol–water partition coefficient (Wildman–Crippen LogP) is 6.34. The van der Waals surface area contributed by atoms with Crippen LogP contribution < -0.4 is 19.5 Å². The van der Waals surface area contributed by atoms with Gasteiger partial charge in [0.05, 0.1) is 14.2 Å². The topological polar surface area (TPSA) is 39.7 Å². The van der Waals surface area contributed by atoms with Crippen molar-refractivity contribution in [3.05, 3.63) is 87.4 Å². The summed E-state index contributed by atoms with van der Waals surface area (Å²) >= 11 is 12.1. The van der Waals surface area contributed by atoms with Gasteiger partial charge in [0.15, 0.2) is 11.5 Å². The lowest BCUT2D eigenvalue weighted by molar-refractivity contribution is 0.306. The van der Waals surface area contributed by atoms with Gasteiger partial charge in [0, 0.05) is 22.2 Å². The van der Waals surface area contributed by atoms with E-state index in [0.29, 0.717) is 16.7 Å². The van der Waals surface area contributed by atoms with Gasteiger partial charge in [-0.1, -0.05) is 47.5 Å². The van der Waals surface area contributed by atoms with E-state index in [9.17, 15) is 0 Å². The van der Waals surface area contributed by atoms with Crippen LogP contribution in [0.3, 0.4) is 0 Å². The molecular weight excluding hydrogens is 457 g/mol. The molecule has 0 bridgehead atoms. The average Bonchev–Trinajstić information content (AvgIpc) is 2.76. The predicted molar refractivity (Wildman–Crippen MR) is 129 cm³/mol. The summed E-state index contributed by atoms with van der Waals surface area (Å²) in [6.07, 6.45) is 0.894. The Balaban J connectivity index is 0.00000341. The first kappa shape index (κ1) is 25.2. The third kappa shape index (κ3) is 7.51. The van der Waals surface area contributed by atoms with Crippen LogP contribution in [0.15, 0.2) is 60.7 Å². The van der Waals surface area contributed by atoms with Crippen LogP contribution in [0.4, 0.5) is 0 Å². The van der Waals surface area contributed by atoms with E-state index in [0.717, 1.165) is 47.9 Å². The van der Waals surface area contributed by atoms with Crippen LogP contribution in [0.25, 0.3) is 0 Å². The average molecular weight is 483 g/mol. The molecule has 3 rings (SSSR count). The molecular formula is C24H26Cl3NO3. The van der Waals surface area contributed by atoms with Gasteiger partial charge in [-0.15, -0.1) is 12.4 Å². The highest BCUT2D eigenvalue weighted by molar-refractivity contribution is 6.35. The van der Waals surface area contributed by atoms with E-state index in [1.807, 2.05) is 42.5 Å². The second-order valence-corrected chi connectivity index (χ2v) is 7.63. The van der Waals surface area contributed by atoms with E-state index in [-0.39, 0.29) is 12.4 Å². The summed E-state index contributed by atoms with van der Waals surface area (Å²) in [5.74, 6) is 2.30. The van der Waals surface area contributed by atoms with Crippen molar-refractivity contribution in [1.82, 2.24) is 5.32 Å². The van der Waals surface area contributed by atoms with Gasteiger partial charge in [0.1, 0.15) is 12.4 Å². The first-order valence-corrected chi connectivity index (χ1v) is 10.4. The molecule has 0 saturated heterocycles. The Hall–Kier alpha value is -2.11. The number of methoxy groups -OCH3 is 2. The SMILES string of the molecule is COc1ccc(CCNCc2cccc(OCc3ccc(Cl)cc3Cl)c2)cc1OC.Cl. The maximum absolute atomic E-state index is 6.21. The van der Waals surface area contributed by atoms with Crippen LogP contribution in [-0.4, -0.2) is 20.8 Å². The molecule has 0 radical (unpaired) electrons. The Bertz CT molecular complexity index is 982. The minimum Gasteiger partial charge on any atom is -0.493 e. The van der Waals surface area contributed by atoms with Crippen LogP contribution in [0.5, 0.6) is 17.2 Å². The molecule has 0 atom stereocenters. The highest BCUT2D eigenvalue weighted by Crippen LogP contribution is 2.27. The molecule has 4 nitrogen and oxygen atoms in total. The molecule has 0 aliphatic rings. The zero-order valence-electron chi connectivity index (χ0n) is 17.5. The van der Waals surface area contributed by atoms with E-state index in [1.54, 1.807) is 20.3 Å². The van der Waals surface area contributed by atoms with Crippen molar-refractivity contribution in [1.29, 1.82) is 0 Å². The zero-order chi connectivity index (χ0) is 21.3. The van der Waals surface area contributed by atoms with Crippen molar-refractivity contribution >= 4 is 35.6 Å². The molecule has 0 aliphatic heterocycles. The third-order valence-corrected chi connectivity index (χ3v) is 5.26. The summed E-state index contributed by atoms with van der Waals surface area (Å²) in [7, 11) is 3.29. The van der Waals surface area contributed by atoms with Crippen molar-refractivity contribution < 1.29 is 14.2 Å². The van der Waals surface area contributed by atoms with Gasteiger partial charge in [-0.2, -0.15) is 0 Å². The second kappa shape index (κ2) is 12.7. The molecule has 0 amide bonds. The lowest BCUT2D eigenvalue weighted by Gasteiger charge is -2.11. The summed E-state index contributed by atoms with van der Waals surface area (Å²) in [6, 6.07) is 19.5. The lowest BCUT2D eigenvalue weighted by atomic mass is 10.1. The fraction of sp³-hybridized carbons (Fsp3) is 0.250. The number of hydrogen-bond donors (Lipinski definition) is 1. The molecule has 166 valence electrons. The fourth-order valence-electron chi connectivity index (χ4n) is 3.05. The van der Waals surface area contributed by atoms with Crippen LogP contribution in [0.1, 0.15) is 16.7 Å². The molecule has 3 aromatic rings. The summed E-state index contributed by atoms with van der Waals surface area (Å²) in [5.41, 5.74) is 3.25. The van der Waals surface area contributed by atoms with Crippen molar-refractivity contribution in [2.75, 3.05) is 20.8 Å². The van der Waals surface area contributed by atoms with Crippen LogP contribution in [0, 0.1) is 0 Å². The number of nitrogens with one attached hydrogen (secondary N) is 1. The summed E-state index contributed by atoms with van der Waals surface area (Å²) in [6.45, 7) is 2.00. The molecule has 0 heterocycles. The highest BCUT2D eigenvalue weighted by Gasteiger charge is 2.05. The van der Waals surface area contributed by atoms with Crippen molar-refractivity contribution in [2.45, 2.75) is 19.6 Å².